The second-order valence-corrected chi connectivity index (χ2v) is 6.54. The highest BCUT2D eigenvalue weighted by Gasteiger charge is 2.21. The average molecular weight is 349 g/mol. The van der Waals surface area contributed by atoms with Gasteiger partial charge in [0.2, 0.25) is 10.0 Å². The van der Waals surface area contributed by atoms with E-state index in [1.807, 2.05) is 13.8 Å². The van der Waals surface area contributed by atoms with Crippen molar-refractivity contribution in [2.75, 3.05) is 13.1 Å². The molecule has 19 heavy (non-hydrogen) atoms. The van der Waals surface area contributed by atoms with Crippen molar-refractivity contribution >= 4 is 31.9 Å². The van der Waals surface area contributed by atoms with E-state index in [1.165, 1.54) is 6.07 Å². The molecule has 0 atom stereocenters. The van der Waals surface area contributed by atoms with E-state index in [0.717, 1.165) is 0 Å². The molecule has 0 aromatic heterocycles. The van der Waals surface area contributed by atoms with Gasteiger partial charge in [0.25, 0.3) is 5.91 Å². The highest BCUT2D eigenvalue weighted by Crippen LogP contribution is 2.25. The van der Waals surface area contributed by atoms with Gasteiger partial charge in [-0.2, -0.15) is 0 Å². The van der Waals surface area contributed by atoms with Crippen LogP contribution in [-0.2, 0) is 10.0 Å². The molecule has 1 rings (SSSR count). The molecule has 0 bridgehead atoms. The van der Waals surface area contributed by atoms with Crippen molar-refractivity contribution in [2.24, 2.45) is 5.14 Å². The fourth-order valence-electron chi connectivity index (χ4n) is 1.85. The maximum Gasteiger partial charge on any atom is 0.254 e. The zero-order valence-electron chi connectivity index (χ0n) is 11.1. The van der Waals surface area contributed by atoms with Crippen LogP contribution in [0.3, 0.4) is 0 Å². The molecular formula is C12H17BrN2O3S. The van der Waals surface area contributed by atoms with Crippen molar-refractivity contribution in [3.63, 3.8) is 0 Å². The van der Waals surface area contributed by atoms with Crippen LogP contribution in [0.5, 0.6) is 0 Å². The second kappa shape index (κ2) is 6.02. The number of carbonyl (C=O) groups is 1. The van der Waals surface area contributed by atoms with Crippen molar-refractivity contribution in [1.82, 2.24) is 4.90 Å². The minimum absolute atomic E-state index is 0.0302. The van der Waals surface area contributed by atoms with E-state index in [4.69, 9.17) is 5.14 Å². The summed E-state index contributed by atoms with van der Waals surface area (Å²) in [7, 11) is -3.85. The van der Waals surface area contributed by atoms with Gasteiger partial charge in [-0.3, -0.25) is 4.79 Å². The molecule has 0 saturated carbocycles. The predicted molar refractivity (Wildman–Crippen MR) is 77.5 cm³/mol. The molecule has 1 amide bonds. The lowest BCUT2D eigenvalue weighted by atomic mass is 10.1. The van der Waals surface area contributed by atoms with Gasteiger partial charge < -0.3 is 4.90 Å². The van der Waals surface area contributed by atoms with E-state index in [0.29, 0.717) is 28.7 Å². The van der Waals surface area contributed by atoms with E-state index in [9.17, 15) is 13.2 Å². The molecule has 0 unspecified atom stereocenters. The number of primary sulfonamides is 1. The molecule has 0 spiro atoms. The third-order valence-corrected chi connectivity index (χ3v) is 4.41. The number of hydrogen-bond acceptors (Lipinski definition) is 3. The van der Waals surface area contributed by atoms with Crippen molar-refractivity contribution < 1.29 is 13.2 Å². The molecule has 5 nitrogen and oxygen atoms in total. The summed E-state index contributed by atoms with van der Waals surface area (Å²) >= 11 is 3.21. The van der Waals surface area contributed by atoms with Gasteiger partial charge in [0, 0.05) is 23.1 Å². The van der Waals surface area contributed by atoms with Gasteiger partial charge in [0.05, 0.1) is 4.90 Å². The third kappa shape index (κ3) is 3.55. The molecule has 0 aliphatic heterocycles. The van der Waals surface area contributed by atoms with Gasteiger partial charge in [0.1, 0.15) is 0 Å². The molecule has 0 aliphatic rings. The van der Waals surface area contributed by atoms with Crippen LogP contribution >= 0.6 is 15.9 Å². The Labute approximate surface area is 122 Å². The van der Waals surface area contributed by atoms with Crippen LogP contribution in [0.15, 0.2) is 21.5 Å². The minimum atomic E-state index is -3.85. The normalized spacial score (nSPS) is 11.4. The van der Waals surface area contributed by atoms with E-state index in [2.05, 4.69) is 15.9 Å². The molecule has 1 aromatic carbocycles. The highest BCUT2D eigenvalue weighted by atomic mass is 79.9. The minimum Gasteiger partial charge on any atom is -0.339 e. The van der Waals surface area contributed by atoms with Gasteiger partial charge >= 0.3 is 0 Å². The van der Waals surface area contributed by atoms with Gasteiger partial charge in [-0.25, -0.2) is 13.6 Å². The first-order chi connectivity index (χ1) is 8.72. The zero-order valence-corrected chi connectivity index (χ0v) is 13.5. The molecule has 2 N–H and O–H groups in total. The van der Waals surface area contributed by atoms with Gasteiger partial charge in [0.15, 0.2) is 0 Å². The Hall–Kier alpha value is -0.920. The third-order valence-electron chi connectivity index (χ3n) is 2.91. The first kappa shape index (κ1) is 16.1. The Morgan fingerprint density at radius 1 is 1.32 bits per heavy atom. The maximum atomic E-state index is 12.3. The number of sulfonamides is 1. The predicted octanol–water partition coefficient (Wildman–Crippen LogP) is 1.89. The Bertz CT molecular complexity index is 595. The molecule has 0 aliphatic carbocycles. The van der Waals surface area contributed by atoms with E-state index >= 15 is 0 Å². The summed E-state index contributed by atoms with van der Waals surface area (Å²) in [5.74, 6) is -0.200. The molecule has 0 fully saturated rings. The molecule has 0 saturated heterocycles. The summed E-state index contributed by atoms with van der Waals surface area (Å²) in [6.45, 7) is 6.45. The molecule has 0 heterocycles. The summed E-state index contributed by atoms with van der Waals surface area (Å²) in [5, 5.41) is 5.16. The van der Waals surface area contributed by atoms with Gasteiger partial charge in [-0.05, 0) is 38.5 Å². The van der Waals surface area contributed by atoms with E-state index < -0.39 is 10.0 Å². The first-order valence-corrected chi connectivity index (χ1v) is 8.18. The summed E-state index contributed by atoms with van der Waals surface area (Å²) in [4.78, 5) is 13.9. The van der Waals surface area contributed by atoms with E-state index in [1.54, 1.807) is 17.9 Å². The van der Waals surface area contributed by atoms with Crippen molar-refractivity contribution in [3.8, 4) is 0 Å². The Kier molecular flexibility index (Phi) is 5.11. The fourth-order valence-corrected chi connectivity index (χ4v) is 3.29. The van der Waals surface area contributed by atoms with Gasteiger partial charge in [-0.1, -0.05) is 15.9 Å². The molecule has 0 radical (unpaired) electrons. The highest BCUT2D eigenvalue weighted by molar-refractivity contribution is 9.10. The topological polar surface area (TPSA) is 80.5 Å². The van der Waals surface area contributed by atoms with Gasteiger partial charge in [-0.15, -0.1) is 0 Å². The molecular weight excluding hydrogens is 332 g/mol. The van der Waals surface area contributed by atoms with Crippen LogP contribution in [-0.4, -0.2) is 32.3 Å². The van der Waals surface area contributed by atoms with Crippen molar-refractivity contribution in [2.45, 2.75) is 25.7 Å². The largest absolute Gasteiger partial charge is 0.339 e. The van der Waals surface area contributed by atoms with Crippen LogP contribution in [0, 0.1) is 6.92 Å². The standard InChI is InChI=1S/C12H17BrN2O3S/c1-4-15(5-2)12(16)10-6-9(13)7-11(8(10)3)19(14,17)18/h6-7H,4-5H2,1-3H3,(H2,14,17,18). The van der Waals surface area contributed by atoms with Crippen LogP contribution in [0.4, 0.5) is 0 Å². The number of carbonyl (C=O) groups excluding carboxylic acids is 1. The number of rotatable bonds is 4. The average Bonchev–Trinajstić information content (AvgIpc) is 2.31. The lowest BCUT2D eigenvalue weighted by Gasteiger charge is -2.20. The smallest absolute Gasteiger partial charge is 0.254 e. The SMILES string of the molecule is CCN(CC)C(=O)c1cc(Br)cc(S(N)(=O)=O)c1C. The number of nitrogens with two attached hydrogens (primary N) is 1. The van der Waals surface area contributed by atoms with Crippen LogP contribution in [0.2, 0.25) is 0 Å². The van der Waals surface area contributed by atoms with Crippen LogP contribution < -0.4 is 5.14 Å². The van der Waals surface area contributed by atoms with E-state index in [-0.39, 0.29) is 10.8 Å². The number of hydrogen-bond donors (Lipinski definition) is 1. The quantitative estimate of drug-likeness (QED) is 0.901. The lowest BCUT2D eigenvalue weighted by Crippen LogP contribution is -2.31. The number of nitrogens with zero attached hydrogens (tertiary/aromatic N) is 1. The fraction of sp³-hybridized carbons (Fsp3) is 0.417. The number of amides is 1. The summed E-state index contributed by atoms with van der Waals surface area (Å²) < 4.78 is 23.6. The summed E-state index contributed by atoms with van der Waals surface area (Å²) in [6, 6.07) is 3.02. The lowest BCUT2D eigenvalue weighted by molar-refractivity contribution is 0.0772. The number of halogens is 1. The molecule has 7 heteroatoms. The monoisotopic (exact) mass is 348 g/mol. The van der Waals surface area contributed by atoms with Crippen molar-refractivity contribution in [3.05, 3.63) is 27.7 Å². The zero-order chi connectivity index (χ0) is 14.8. The van der Waals surface area contributed by atoms with Crippen LogP contribution in [0.25, 0.3) is 0 Å². The molecule has 106 valence electrons. The Morgan fingerprint density at radius 2 is 1.84 bits per heavy atom. The van der Waals surface area contributed by atoms with Crippen LogP contribution in [0.1, 0.15) is 29.8 Å². The summed E-state index contributed by atoms with van der Waals surface area (Å²) in [5.41, 5.74) is 0.727. The second-order valence-electron chi connectivity index (χ2n) is 4.10. The number of benzene rings is 1. The Balaban J connectivity index is 3.46. The Morgan fingerprint density at radius 3 is 2.26 bits per heavy atom. The summed E-state index contributed by atoms with van der Waals surface area (Å²) in [6.07, 6.45) is 0. The molecule has 1 aromatic rings. The first-order valence-electron chi connectivity index (χ1n) is 5.84. The van der Waals surface area contributed by atoms with Crippen molar-refractivity contribution in [1.29, 1.82) is 0 Å². The maximum absolute atomic E-state index is 12.3.